The molecule has 0 aliphatic carbocycles. The minimum atomic E-state index is -0.315. The van der Waals surface area contributed by atoms with Gasteiger partial charge in [-0.3, -0.25) is 9.89 Å². The third-order valence-corrected chi connectivity index (χ3v) is 4.67. The van der Waals surface area contributed by atoms with Crippen LogP contribution in [0.4, 0.5) is 10.1 Å². The predicted molar refractivity (Wildman–Crippen MR) is 96.3 cm³/mol. The van der Waals surface area contributed by atoms with E-state index in [0.717, 1.165) is 20.8 Å². The Morgan fingerprint density at radius 1 is 1.16 bits per heavy atom. The molecular formula is C18H13FN4OS. The third kappa shape index (κ3) is 3.14. The van der Waals surface area contributed by atoms with Crippen LogP contribution in [-0.2, 0) is 0 Å². The van der Waals surface area contributed by atoms with Gasteiger partial charge in [-0.2, -0.15) is 5.10 Å². The summed E-state index contributed by atoms with van der Waals surface area (Å²) >= 11 is 1.61. The van der Waals surface area contributed by atoms with E-state index in [2.05, 4.69) is 20.5 Å². The first-order chi connectivity index (χ1) is 12.1. The normalized spacial score (nSPS) is 11.0. The molecule has 0 unspecified atom stereocenters. The molecule has 0 saturated carbocycles. The SMILES string of the molecule is Cc1nc2cc(NC(=O)c3cc(-c4ccc(F)cc4)n[nH]3)ccc2s1. The largest absolute Gasteiger partial charge is 0.321 e. The number of hydrogen-bond acceptors (Lipinski definition) is 4. The highest BCUT2D eigenvalue weighted by Gasteiger charge is 2.12. The summed E-state index contributed by atoms with van der Waals surface area (Å²) in [4.78, 5) is 16.8. The van der Waals surface area contributed by atoms with Gasteiger partial charge < -0.3 is 5.32 Å². The van der Waals surface area contributed by atoms with Gasteiger partial charge in [0.05, 0.1) is 20.9 Å². The fourth-order valence-electron chi connectivity index (χ4n) is 2.53. The first-order valence-electron chi connectivity index (χ1n) is 7.58. The topological polar surface area (TPSA) is 70.7 Å². The highest BCUT2D eigenvalue weighted by atomic mass is 32.1. The van der Waals surface area contributed by atoms with Crippen molar-refractivity contribution in [3.63, 3.8) is 0 Å². The van der Waals surface area contributed by atoms with E-state index >= 15 is 0 Å². The molecule has 2 aromatic heterocycles. The van der Waals surface area contributed by atoms with Crippen LogP contribution in [0.5, 0.6) is 0 Å². The zero-order valence-corrected chi connectivity index (χ0v) is 14.0. The van der Waals surface area contributed by atoms with Crippen LogP contribution in [0.3, 0.4) is 0 Å². The molecule has 1 amide bonds. The van der Waals surface area contributed by atoms with Crippen LogP contribution in [0.2, 0.25) is 0 Å². The Morgan fingerprint density at radius 2 is 1.96 bits per heavy atom. The number of carbonyl (C=O) groups excluding carboxylic acids is 1. The van der Waals surface area contributed by atoms with E-state index in [1.807, 2.05) is 25.1 Å². The lowest BCUT2D eigenvalue weighted by molar-refractivity contribution is 0.102. The van der Waals surface area contributed by atoms with Crippen molar-refractivity contribution in [2.24, 2.45) is 0 Å². The van der Waals surface area contributed by atoms with Crippen LogP contribution in [-0.4, -0.2) is 21.1 Å². The highest BCUT2D eigenvalue weighted by Crippen LogP contribution is 2.25. The molecule has 7 heteroatoms. The number of hydrogen-bond donors (Lipinski definition) is 2. The van der Waals surface area contributed by atoms with Crippen molar-refractivity contribution in [1.82, 2.24) is 15.2 Å². The smallest absolute Gasteiger partial charge is 0.273 e. The molecule has 5 nitrogen and oxygen atoms in total. The number of aromatic amines is 1. The molecule has 25 heavy (non-hydrogen) atoms. The van der Waals surface area contributed by atoms with Crippen molar-refractivity contribution in [3.8, 4) is 11.3 Å². The Morgan fingerprint density at radius 3 is 2.76 bits per heavy atom. The summed E-state index contributed by atoms with van der Waals surface area (Å²) in [6.07, 6.45) is 0. The van der Waals surface area contributed by atoms with Crippen LogP contribution >= 0.6 is 11.3 Å². The summed E-state index contributed by atoms with van der Waals surface area (Å²) in [5.41, 5.74) is 3.17. The maximum Gasteiger partial charge on any atom is 0.273 e. The van der Waals surface area contributed by atoms with Gasteiger partial charge in [0.2, 0.25) is 0 Å². The van der Waals surface area contributed by atoms with Crippen LogP contribution in [0.1, 0.15) is 15.5 Å². The second-order valence-electron chi connectivity index (χ2n) is 5.54. The Labute approximate surface area is 146 Å². The maximum absolute atomic E-state index is 13.0. The molecular weight excluding hydrogens is 339 g/mol. The molecule has 4 aromatic rings. The molecule has 124 valence electrons. The number of H-pyrrole nitrogens is 1. The van der Waals surface area contributed by atoms with Gasteiger partial charge in [0.25, 0.3) is 5.91 Å². The quantitative estimate of drug-likeness (QED) is 0.574. The highest BCUT2D eigenvalue weighted by molar-refractivity contribution is 7.18. The van der Waals surface area contributed by atoms with E-state index in [-0.39, 0.29) is 11.7 Å². The molecule has 2 aromatic carbocycles. The number of benzene rings is 2. The number of anilines is 1. The van der Waals surface area contributed by atoms with Crippen LogP contribution < -0.4 is 5.32 Å². The molecule has 0 aliphatic rings. The van der Waals surface area contributed by atoms with Crippen LogP contribution in [0, 0.1) is 12.7 Å². The van der Waals surface area contributed by atoms with E-state index in [9.17, 15) is 9.18 Å². The molecule has 0 atom stereocenters. The van der Waals surface area contributed by atoms with Crippen molar-refractivity contribution in [2.75, 3.05) is 5.32 Å². The second-order valence-corrected chi connectivity index (χ2v) is 6.78. The number of halogens is 1. The van der Waals surface area contributed by atoms with Gasteiger partial charge in [0, 0.05) is 11.3 Å². The summed E-state index contributed by atoms with van der Waals surface area (Å²) < 4.78 is 14.1. The molecule has 0 fully saturated rings. The first kappa shape index (κ1) is 15.5. The fraction of sp³-hybridized carbons (Fsp3) is 0.0556. The average molecular weight is 352 g/mol. The van der Waals surface area contributed by atoms with Gasteiger partial charge in [-0.25, -0.2) is 9.37 Å². The van der Waals surface area contributed by atoms with Crippen molar-refractivity contribution in [3.05, 3.63) is 65.0 Å². The Hall–Kier alpha value is -3.06. The van der Waals surface area contributed by atoms with Gasteiger partial charge in [-0.15, -0.1) is 11.3 Å². The number of thiazole rings is 1. The molecule has 0 saturated heterocycles. The number of fused-ring (bicyclic) bond motifs is 1. The lowest BCUT2D eigenvalue weighted by Crippen LogP contribution is -2.12. The monoisotopic (exact) mass is 352 g/mol. The summed E-state index contributed by atoms with van der Waals surface area (Å²) in [6.45, 7) is 1.95. The number of carbonyl (C=O) groups is 1. The minimum Gasteiger partial charge on any atom is -0.321 e. The first-order valence-corrected chi connectivity index (χ1v) is 8.40. The zero-order valence-electron chi connectivity index (χ0n) is 13.2. The molecule has 0 aliphatic heterocycles. The summed E-state index contributed by atoms with van der Waals surface area (Å²) in [7, 11) is 0. The third-order valence-electron chi connectivity index (χ3n) is 3.71. The van der Waals surface area contributed by atoms with Crippen LogP contribution in [0.15, 0.2) is 48.5 Å². The second kappa shape index (κ2) is 6.10. The maximum atomic E-state index is 13.0. The zero-order chi connectivity index (χ0) is 17.4. The van der Waals surface area contributed by atoms with Crippen LogP contribution in [0.25, 0.3) is 21.5 Å². The van der Waals surface area contributed by atoms with Gasteiger partial charge in [-0.1, -0.05) is 0 Å². The summed E-state index contributed by atoms with van der Waals surface area (Å²) in [5.74, 6) is -0.614. The molecule has 0 spiro atoms. The predicted octanol–water partition coefficient (Wildman–Crippen LogP) is 4.39. The van der Waals surface area contributed by atoms with E-state index < -0.39 is 0 Å². The van der Waals surface area contributed by atoms with Gasteiger partial charge in [0.1, 0.15) is 11.5 Å². The standard InChI is InChI=1S/C18H13FN4OS/c1-10-20-15-8-13(6-7-17(15)25-10)21-18(24)16-9-14(22-23-16)11-2-4-12(19)5-3-11/h2-9H,1H3,(H,21,24)(H,22,23). The van der Waals surface area contributed by atoms with Gasteiger partial charge in [0.15, 0.2) is 0 Å². The summed E-state index contributed by atoms with van der Waals surface area (Å²) in [5, 5.41) is 10.6. The molecule has 2 N–H and O–H groups in total. The fourth-order valence-corrected chi connectivity index (χ4v) is 3.33. The van der Waals surface area contributed by atoms with Crippen molar-refractivity contribution >= 4 is 33.1 Å². The number of aromatic nitrogens is 3. The molecule has 0 bridgehead atoms. The molecule has 0 radical (unpaired) electrons. The summed E-state index contributed by atoms with van der Waals surface area (Å²) in [6, 6.07) is 13.2. The minimum absolute atomic E-state index is 0.299. The number of amides is 1. The number of nitrogens with one attached hydrogen (secondary N) is 2. The lowest BCUT2D eigenvalue weighted by Gasteiger charge is -2.02. The number of nitrogens with zero attached hydrogens (tertiary/aromatic N) is 2. The molecule has 2 heterocycles. The lowest BCUT2D eigenvalue weighted by atomic mass is 10.1. The van der Waals surface area contributed by atoms with E-state index in [1.165, 1.54) is 12.1 Å². The van der Waals surface area contributed by atoms with Crippen molar-refractivity contribution in [2.45, 2.75) is 6.92 Å². The van der Waals surface area contributed by atoms with E-state index in [0.29, 0.717) is 17.1 Å². The van der Waals surface area contributed by atoms with E-state index in [1.54, 1.807) is 29.5 Å². The average Bonchev–Trinajstić information content (AvgIpc) is 3.21. The van der Waals surface area contributed by atoms with Crippen molar-refractivity contribution < 1.29 is 9.18 Å². The Kier molecular flexibility index (Phi) is 3.77. The molecule has 4 rings (SSSR count). The number of rotatable bonds is 3. The van der Waals surface area contributed by atoms with Gasteiger partial charge in [-0.05, 0) is 55.5 Å². The van der Waals surface area contributed by atoms with Crippen molar-refractivity contribution in [1.29, 1.82) is 0 Å². The Balaban J connectivity index is 1.55. The van der Waals surface area contributed by atoms with E-state index in [4.69, 9.17) is 0 Å². The number of aryl methyl sites for hydroxylation is 1. The van der Waals surface area contributed by atoms with Gasteiger partial charge >= 0.3 is 0 Å². The Bertz CT molecular complexity index is 1070.